The Bertz CT molecular complexity index is 2530. The topological polar surface area (TPSA) is 161 Å². The Balaban J connectivity index is 1.26. The summed E-state index contributed by atoms with van der Waals surface area (Å²) in [6.07, 6.45) is -9.45. The molecule has 0 saturated carbocycles. The second-order valence-electron chi connectivity index (χ2n) is 17.2. The summed E-state index contributed by atoms with van der Waals surface area (Å²) in [5.74, 6) is 4.09. The van der Waals surface area contributed by atoms with Crippen molar-refractivity contribution in [2.45, 2.75) is 122 Å². The summed E-state index contributed by atoms with van der Waals surface area (Å²) in [5.41, 5.74) is 4.90. The summed E-state index contributed by atoms with van der Waals surface area (Å²) in [6, 6.07) is 46.5. The van der Waals surface area contributed by atoms with Crippen LogP contribution in [0, 0.1) is 11.8 Å². The first-order valence-electron chi connectivity index (χ1n) is 23.7. The van der Waals surface area contributed by atoms with Crippen molar-refractivity contribution in [2.24, 2.45) is 0 Å². The summed E-state index contributed by atoms with van der Waals surface area (Å²) in [6.45, 7) is 6.01. The van der Waals surface area contributed by atoms with Crippen LogP contribution >= 0.6 is 0 Å². The number of carbonyl (C=O) groups excluding carboxylic acids is 4. The molecule has 5 aromatic rings. The zero-order chi connectivity index (χ0) is 50.0. The lowest BCUT2D eigenvalue weighted by Crippen LogP contribution is -2.60. The maximum absolute atomic E-state index is 12.7. The van der Waals surface area contributed by atoms with Gasteiger partial charge in [-0.2, -0.15) is 0 Å². The van der Waals surface area contributed by atoms with Crippen LogP contribution < -0.4 is 0 Å². The predicted octanol–water partition coefficient (Wildman–Crippen LogP) is 7.97. The van der Waals surface area contributed by atoms with Crippen LogP contribution in [0.25, 0.3) is 0 Å². The van der Waals surface area contributed by atoms with E-state index in [0.717, 1.165) is 22.3 Å². The predicted molar refractivity (Wildman–Crippen MR) is 259 cm³/mol. The summed E-state index contributed by atoms with van der Waals surface area (Å²) in [5, 5.41) is 0. The van der Waals surface area contributed by atoms with E-state index in [9.17, 15) is 19.2 Å². The van der Waals surface area contributed by atoms with E-state index < -0.39 is 84.9 Å². The molecule has 2 saturated heterocycles. The Hall–Kier alpha value is -6.70. The van der Waals surface area contributed by atoms with Crippen LogP contribution in [0.4, 0.5) is 0 Å². The van der Waals surface area contributed by atoms with E-state index in [0.29, 0.717) is 17.7 Å². The second kappa shape index (κ2) is 26.5. The van der Waals surface area contributed by atoms with Crippen molar-refractivity contribution in [3.05, 3.63) is 179 Å². The van der Waals surface area contributed by atoms with E-state index in [-0.39, 0.29) is 39.5 Å². The van der Waals surface area contributed by atoms with Crippen LogP contribution in [-0.2, 0) is 93.0 Å². The average molecular weight is 969 g/mol. The third-order valence-corrected chi connectivity index (χ3v) is 11.7. The van der Waals surface area contributed by atoms with Crippen LogP contribution in [-0.4, -0.2) is 92.0 Å². The average Bonchev–Trinajstić information content (AvgIpc) is 3.36. The van der Waals surface area contributed by atoms with E-state index in [4.69, 9.17) is 47.4 Å². The molecule has 71 heavy (non-hydrogen) atoms. The number of ether oxygens (including phenoxy) is 10. The molecular weight excluding hydrogens is 909 g/mol. The number of hydrogen-bond acceptors (Lipinski definition) is 14. The molecular formula is C57H60O14. The van der Waals surface area contributed by atoms with Crippen molar-refractivity contribution in [1.82, 2.24) is 0 Å². The fraction of sp³-hybridized carbons (Fsp3) is 0.368. The fourth-order valence-corrected chi connectivity index (χ4v) is 8.57. The molecule has 2 aliphatic rings. The Morgan fingerprint density at radius 2 is 0.972 bits per heavy atom. The summed E-state index contributed by atoms with van der Waals surface area (Å²) < 4.78 is 62.9. The second-order valence-corrected chi connectivity index (χ2v) is 17.2. The van der Waals surface area contributed by atoms with E-state index in [1.54, 1.807) is 18.2 Å². The summed E-state index contributed by atoms with van der Waals surface area (Å²) in [4.78, 5) is 49.5. The van der Waals surface area contributed by atoms with E-state index in [2.05, 4.69) is 11.8 Å². The van der Waals surface area contributed by atoms with Gasteiger partial charge >= 0.3 is 23.9 Å². The van der Waals surface area contributed by atoms with Gasteiger partial charge in [0, 0.05) is 39.7 Å². The Kier molecular flexibility index (Phi) is 19.5. The molecule has 14 nitrogen and oxygen atoms in total. The number of rotatable bonds is 20. The molecule has 0 radical (unpaired) electrons. The fourth-order valence-electron chi connectivity index (χ4n) is 8.57. The minimum absolute atomic E-state index is 0.0568. The molecule has 0 bridgehead atoms. The van der Waals surface area contributed by atoms with Gasteiger partial charge in [-0.1, -0.05) is 145 Å². The zero-order valence-electron chi connectivity index (χ0n) is 40.3. The molecule has 0 N–H and O–H groups in total. The first kappa shape index (κ1) is 52.1. The van der Waals surface area contributed by atoms with Crippen LogP contribution in [0.2, 0.25) is 0 Å². The Labute approximate surface area is 414 Å². The molecule has 0 aromatic heterocycles. The van der Waals surface area contributed by atoms with Gasteiger partial charge in [0.05, 0.1) is 39.6 Å². The van der Waals surface area contributed by atoms with Crippen molar-refractivity contribution in [1.29, 1.82) is 0 Å². The standard InChI is InChI=1S/C57H60O14/c1-38(58)63-31-30-49-54(67-39(2)59)57(69-41(4)61)56(68-40(3)60)51(71-49)47-27-17-26-42(32-47)28-29-48-52(64-34-44-20-11-6-12-21-44)55(66-36-46-24-15-8-16-25-46)53(65-35-45-22-13-7-14-23-45)50(70-48)37-62-33-43-18-9-5-10-19-43/h5-27,32,48-57H,30-31,33-37H2,1-4H3/t48-,49-,50-,51-,52-,53-,54-,55-,56-,57+/m1/s1. The molecule has 7 rings (SSSR count). The zero-order valence-corrected chi connectivity index (χ0v) is 40.3. The van der Waals surface area contributed by atoms with Crippen LogP contribution in [0.3, 0.4) is 0 Å². The van der Waals surface area contributed by atoms with Crippen molar-refractivity contribution in [2.75, 3.05) is 13.2 Å². The van der Waals surface area contributed by atoms with Gasteiger partial charge in [0.1, 0.15) is 42.7 Å². The maximum Gasteiger partial charge on any atom is 0.303 e. The number of benzene rings is 5. The van der Waals surface area contributed by atoms with Gasteiger partial charge in [0.15, 0.2) is 18.3 Å². The van der Waals surface area contributed by atoms with E-state index in [1.807, 2.05) is 127 Å². The number of esters is 4. The molecule has 2 fully saturated rings. The van der Waals surface area contributed by atoms with Crippen LogP contribution in [0.1, 0.15) is 73.6 Å². The molecule has 0 unspecified atom stereocenters. The molecule has 0 spiro atoms. The van der Waals surface area contributed by atoms with Crippen molar-refractivity contribution >= 4 is 23.9 Å². The van der Waals surface area contributed by atoms with Gasteiger partial charge in [-0.25, -0.2) is 0 Å². The molecule has 2 aliphatic heterocycles. The lowest BCUT2D eigenvalue weighted by Gasteiger charge is -2.45. The number of hydrogen-bond donors (Lipinski definition) is 0. The van der Waals surface area contributed by atoms with Gasteiger partial charge in [0.25, 0.3) is 0 Å². The Morgan fingerprint density at radius 1 is 0.479 bits per heavy atom. The normalized spacial score (nSPS) is 23.8. The monoisotopic (exact) mass is 968 g/mol. The molecule has 372 valence electrons. The minimum atomic E-state index is -1.29. The molecule has 2 heterocycles. The molecule has 10 atom stereocenters. The lowest BCUT2D eigenvalue weighted by atomic mass is 9.88. The van der Waals surface area contributed by atoms with Crippen molar-refractivity contribution in [3.8, 4) is 11.8 Å². The lowest BCUT2D eigenvalue weighted by molar-refractivity contribution is -0.261. The van der Waals surface area contributed by atoms with Gasteiger partial charge in [0.2, 0.25) is 0 Å². The first-order valence-corrected chi connectivity index (χ1v) is 23.7. The highest BCUT2D eigenvalue weighted by molar-refractivity contribution is 5.68. The van der Waals surface area contributed by atoms with Crippen LogP contribution in [0.5, 0.6) is 0 Å². The van der Waals surface area contributed by atoms with Crippen LogP contribution in [0.15, 0.2) is 146 Å². The molecule has 5 aromatic carbocycles. The SMILES string of the molecule is CC(=O)OCC[C@H]1O[C@H](c2cccc(C#C[C@H]3O[C@H](COCc4ccccc4)[C@@H](OCc4ccccc4)[C@H](OCc4ccccc4)[C@@H]3OCc3ccccc3)c2)[C@@H](OC(C)=O)[C@@H](OC(C)=O)[C@@H]1OC(C)=O. The molecule has 0 amide bonds. The van der Waals surface area contributed by atoms with E-state index in [1.165, 1.54) is 27.7 Å². The first-order chi connectivity index (χ1) is 34.5. The molecule has 0 aliphatic carbocycles. The quantitative estimate of drug-likeness (QED) is 0.0420. The van der Waals surface area contributed by atoms with E-state index >= 15 is 0 Å². The van der Waals surface area contributed by atoms with Gasteiger partial charge in [-0.3, -0.25) is 19.2 Å². The Morgan fingerprint density at radius 3 is 1.51 bits per heavy atom. The third kappa shape index (κ3) is 15.6. The highest BCUT2D eigenvalue weighted by Crippen LogP contribution is 2.39. The van der Waals surface area contributed by atoms with Gasteiger partial charge < -0.3 is 47.4 Å². The largest absolute Gasteiger partial charge is 0.466 e. The van der Waals surface area contributed by atoms with Gasteiger partial charge in [-0.15, -0.1) is 0 Å². The number of carbonyl (C=O) groups is 4. The minimum Gasteiger partial charge on any atom is -0.466 e. The smallest absolute Gasteiger partial charge is 0.303 e. The highest BCUT2D eigenvalue weighted by Gasteiger charge is 2.52. The van der Waals surface area contributed by atoms with Gasteiger partial charge in [-0.05, 0) is 39.9 Å². The summed E-state index contributed by atoms with van der Waals surface area (Å²) >= 11 is 0. The highest BCUT2D eigenvalue weighted by atomic mass is 16.7. The molecule has 14 heteroatoms. The third-order valence-electron chi connectivity index (χ3n) is 11.7. The maximum atomic E-state index is 12.7. The van der Waals surface area contributed by atoms with Crippen molar-refractivity contribution in [3.63, 3.8) is 0 Å². The summed E-state index contributed by atoms with van der Waals surface area (Å²) in [7, 11) is 0. The van der Waals surface area contributed by atoms with Crippen molar-refractivity contribution < 1.29 is 66.5 Å².